The largest absolute Gasteiger partial charge is 0.396 e. The summed E-state index contributed by atoms with van der Waals surface area (Å²) >= 11 is 1.48. The van der Waals surface area contributed by atoms with Gasteiger partial charge in [-0.05, 0) is 42.8 Å². The third-order valence-electron chi connectivity index (χ3n) is 4.11. The molecular formula is C16H21N3OS. The van der Waals surface area contributed by atoms with Crippen molar-refractivity contribution >= 4 is 22.4 Å². The number of hydrogen-bond donors (Lipinski definition) is 2. The maximum absolute atomic E-state index is 9.31. The summed E-state index contributed by atoms with van der Waals surface area (Å²) in [7, 11) is 0. The Hall–Kier alpha value is -1.59. The summed E-state index contributed by atoms with van der Waals surface area (Å²) in [6.07, 6.45) is 4.36. The summed E-state index contributed by atoms with van der Waals surface area (Å²) in [5.41, 5.74) is 8.29. The van der Waals surface area contributed by atoms with Gasteiger partial charge in [0.05, 0.1) is 5.56 Å². The first-order valence-electron chi connectivity index (χ1n) is 7.49. The molecule has 112 valence electrons. The third kappa shape index (κ3) is 2.89. The van der Waals surface area contributed by atoms with Crippen LogP contribution in [0, 0.1) is 0 Å². The SMILES string of the molecule is Nc1nsc(N2CCCCC2CCO)c1-c1ccccc1. The van der Waals surface area contributed by atoms with Crippen molar-refractivity contribution in [3.63, 3.8) is 0 Å². The quantitative estimate of drug-likeness (QED) is 0.911. The average molecular weight is 303 g/mol. The van der Waals surface area contributed by atoms with E-state index in [1.54, 1.807) is 0 Å². The van der Waals surface area contributed by atoms with Gasteiger partial charge < -0.3 is 15.7 Å². The van der Waals surface area contributed by atoms with Crippen LogP contribution >= 0.6 is 11.5 Å². The molecule has 1 unspecified atom stereocenters. The van der Waals surface area contributed by atoms with Gasteiger partial charge in [0.1, 0.15) is 10.8 Å². The molecule has 5 heteroatoms. The Kier molecular flexibility index (Phi) is 4.41. The molecule has 1 aliphatic rings. The van der Waals surface area contributed by atoms with Gasteiger partial charge in [-0.25, -0.2) is 0 Å². The number of rotatable bonds is 4. The van der Waals surface area contributed by atoms with Crippen LogP contribution in [-0.2, 0) is 0 Å². The van der Waals surface area contributed by atoms with E-state index >= 15 is 0 Å². The zero-order valence-electron chi connectivity index (χ0n) is 12.0. The molecule has 3 rings (SSSR count). The van der Waals surface area contributed by atoms with Gasteiger partial charge in [-0.3, -0.25) is 0 Å². The monoisotopic (exact) mass is 303 g/mol. The molecule has 3 N–H and O–H groups in total. The van der Waals surface area contributed by atoms with Gasteiger partial charge in [0.15, 0.2) is 0 Å². The number of aliphatic hydroxyl groups excluding tert-OH is 1. The van der Waals surface area contributed by atoms with Crippen molar-refractivity contribution < 1.29 is 5.11 Å². The summed E-state index contributed by atoms with van der Waals surface area (Å²) in [6.45, 7) is 1.25. The standard InChI is InChI=1S/C16H21N3OS/c17-15-14(12-6-2-1-3-7-12)16(21-18-15)19-10-5-4-8-13(19)9-11-20/h1-3,6-7,13,20H,4-5,8-11H2,(H2,17,18). The third-order valence-corrected chi connectivity index (χ3v) is 5.01. The fourth-order valence-corrected chi connectivity index (χ4v) is 4.02. The van der Waals surface area contributed by atoms with Crippen LogP contribution in [0.2, 0.25) is 0 Å². The summed E-state index contributed by atoms with van der Waals surface area (Å²) in [4.78, 5) is 2.40. The van der Waals surface area contributed by atoms with Crippen LogP contribution in [-0.4, -0.2) is 28.7 Å². The highest BCUT2D eigenvalue weighted by Gasteiger charge is 2.27. The van der Waals surface area contributed by atoms with E-state index in [4.69, 9.17) is 5.73 Å². The highest BCUT2D eigenvalue weighted by Crippen LogP contribution is 2.41. The smallest absolute Gasteiger partial charge is 0.147 e. The van der Waals surface area contributed by atoms with E-state index < -0.39 is 0 Å². The van der Waals surface area contributed by atoms with Gasteiger partial charge in [0, 0.05) is 19.2 Å². The Morgan fingerprint density at radius 2 is 2.10 bits per heavy atom. The second-order valence-electron chi connectivity index (χ2n) is 5.47. The van der Waals surface area contributed by atoms with Crippen LogP contribution < -0.4 is 10.6 Å². The molecule has 0 aliphatic carbocycles. The van der Waals surface area contributed by atoms with Crippen LogP contribution in [0.3, 0.4) is 0 Å². The molecule has 4 nitrogen and oxygen atoms in total. The van der Waals surface area contributed by atoms with E-state index in [9.17, 15) is 5.11 Å². The van der Waals surface area contributed by atoms with Crippen molar-refractivity contribution in [1.29, 1.82) is 0 Å². The highest BCUT2D eigenvalue weighted by molar-refractivity contribution is 7.11. The normalized spacial score (nSPS) is 18.9. The Labute approximate surface area is 129 Å². The Balaban J connectivity index is 1.98. The number of nitrogens with zero attached hydrogens (tertiary/aromatic N) is 2. The molecule has 0 radical (unpaired) electrons. The molecule has 1 aliphatic heterocycles. The van der Waals surface area contributed by atoms with Crippen molar-refractivity contribution in [3.05, 3.63) is 30.3 Å². The predicted molar refractivity (Wildman–Crippen MR) is 88.7 cm³/mol. The summed E-state index contributed by atoms with van der Waals surface area (Å²) < 4.78 is 4.38. The van der Waals surface area contributed by atoms with Gasteiger partial charge in [-0.1, -0.05) is 30.3 Å². The summed E-state index contributed by atoms with van der Waals surface area (Å²) in [5.74, 6) is 0.606. The lowest BCUT2D eigenvalue weighted by Crippen LogP contribution is -2.39. The molecule has 0 bridgehead atoms. The van der Waals surface area contributed by atoms with E-state index in [1.807, 2.05) is 18.2 Å². The Morgan fingerprint density at radius 1 is 1.29 bits per heavy atom. The van der Waals surface area contributed by atoms with Crippen molar-refractivity contribution in [3.8, 4) is 11.1 Å². The minimum atomic E-state index is 0.232. The van der Waals surface area contributed by atoms with Gasteiger partial charge >= 0.3 is 0 Å². The molecule has 0 spiro atoms. The zero-order valence-corrected chi connectivity index (χ0v) is 12.9. The van der Waals surface area contributed by atoms with Crippen LogP contribution in [0.4, 0.5) is 10.8 Å². The molecular weight excluding hydrogens is 282 g/mol. The first kappa shape index (κ1) is 14.4. The lowest BCUT2D eigenvalue weighted by atomic mass is 9.98. The first-order valence-corrected chi connectivity index (χ1v) is 8.26. The number of anilines is 2. The molecule has 0 saturated carbocycles. The molecule has 0 amide bonds. The average Bonchev–Trinajstić information content (AvgIpc) is 2.91. The predicted octanol–water partition coefficient (Wildman–Crippen LogP) is 3.13. The van der Waals surface area contributed by atoms with Crippen molar-refractivity contribution in [2.45, 2.75) is 31.7 Å². The summed E-state index contributed by atoms with van der Waals surface area (Å²) in [6, 6.07) is 10.6. The van der Waals surface area contributed by atoms with E-state index in [-0.39, 0.29) is 6.61 Å². The van der Waals surface area contributed by atoms with Crippen molar-refractivity contribution in [2.75, 3.05) is 23.8 Å². The van der Waals surface area contributed by atoms with Gasteiger partial charge in [0.2, 0.25) is 0 Å². The maximum Gasteiger partial charge on any atom is 0.147 e. The van der Waals surface area contributed by atoms with Gasteiger partial charge in [-0.2, -0.15) is 4.37 Å². The van der Waals surface area contributed by atoms with Crippen molar-refractivity contribution in [1.82, 2.24) is 4.37 Å². The van der Waals surface area contributed by atoms with Crippen molar-refractivity contribution in [2.24, 2.45) is 0 Å². The second kappa shape index (κ2) is 6.45. The van der Waals surface area contributed by atoms with Gasteiger partial charge in [0.25, 0.3) is 0 Å². The van der Waals surface area contributed by atoms with E-state index in [2.05, 4.69) is 21.4 Å². The van der Waals surface area contributed by atoms with Crippen LogP contribution in [0.25, 0.3) is 11.1 Å². The van der Waals surface area contributed by atoms with Crippen LogP contribution in [0.15, 0.2) is 30.3 Å². The fraction of sp³-hybridized carbons (Fsp3) is 0.438. The molecule has 2 heterocycles. The molecule has 1 saturated heterocycles. The first-order chi connectivity index (χ1) is 10.3. The Morgan fingerprint density at radius 3 is 2.86 bits per heavy atom. The molecule has 1 atom stereocenters. The molecule has 1 aromatic heterocycles. The number of benzene rings is 1. The van der Waals surface area contributed by atoms with E-state index in [0.29, 0.717) is 11.9 Å². The highest BCUT2D eigenvalue weighted by atomic mass is 32.1. The number of aromatic nitrogens is 1. The van der Waals surface area contributed by atoms with E-state index in [0.717, 1.165) is 35.5 Å². The minimum absolute atomic E-state index is 0.232. The second-order valence-corrected chi connectivity index (χ2v) is 6.22. The van der Waals surface area contributed by atoms with Crippen LogP contribution in [0.5, 0.6) is 0 Å². The molecule has 1 fully saturated rings. The number of nitrogens with two attached hydrogens (primary N) is 1. The lowest BCUT2D eigenvalue weighted by Gasteiger charge is -2.36. The lowest BCUT2D eigenvalue weighted by molar-refractivity contribution is 0.263. The van der Waals surface area contributed by atoms with Gasteiger partial charge in [-0.15, -0.1) is 0 Å². The molecule has 1 aromatic carbocycles. The zero-order chi connectivity index (χ0) is 14.7. The molecule has 21 heavy (non-hydrogen) atoms. The Bertz CT molecular complexity index is 582. The summed E-state index contributed by atoms with van der Waals surface area (Å²) in [5, 5.41) is 10.5. The minimum Gasteiger partial charge on any atom is -0.396 e. The molecule has 2 aromatic rings. The fourth-order valence-electron chi connectivity index (χ4n) is 3.08. The number of aliphatic hydroxyl groups is 1. The number of piperidine rings is 1. The number of nitrogen functional groups attached to an aromatic ring is 1. The van der Waals surface area contributed by atoms with E-state index in [1.165, 1.54) is 24.4 Å². The maximum atomic E-state index is 9.31. The number of hydrogen-bond acceptors (Lipinski definition) is 5. The topological polar surface area (TPSA) is 62.4 Å². The van der Waals surface area contributed by atoms with Crippen LogP contribution in [0.1, 0.15) is 25.7 Å².